The molecule has 2 aromatic rings. The monoisotopic (exact) mass is 428 g/mol. The number of ether oxygens (including phenoxy) is 2. The summed E-state index contributed by atoms with van der Waals surface area (Å²) in [7, 11) is -4.59. The Balaban J connectivity index is 2.13. The van der Waals surface area contributed by atoms with Crippen molar-refractivity contribution >= 4 is 19.5 Å². The van der Waals surface area contributed by atoms with Gasteiger partial charge >= 0.3 is 25.2 Å². The number of hydrogen-bond acceptors (Lipinski definition) is 5. The van der Waals surface area contributed by atoms with E-state index >= 15 is 0 Å². The summed E-state index contributed by atoms with van der Waals surface area (Å²) in [4.78, 5) is 41.9. The van der Waals surface area contributed by atoms with Gasteiger partial charge < -0.3 is 19.3 Å². The minimum Gasteiger partial charge on any atom is -0.468 e. The Kier molecular flexibility index (Phi) is 7.24. The highest BCUT2D eigenvalue weighted by Gasteiger charge is 2.50. The molecular formula is C19H19F2O7P. The van der Waals surface area contributed by atoms with Gasteiger partial charge in [-0.3, -0.25) is 14.2 Å². The number of carbonyl (C=O) groups is 2. The van der Waals surface area contributed by atoms with Crippen molar-refractivity contribution in [1.82, 2.24) is 0 Å². The second-order valence-electron chi connectivity index (χ2n) is 6.16. The lowest BCUT2D eigenvalue weighted by molar-refractivity contribution is -0.161. The fourth-order valence-electron chi connectivity index (χ4n) is 2.48. The van der Waals surface area contributed by atoms with E-state index in [-0.39, 0.29) is 13.0 Å². The van der Waals surface area contributed by atoms with Crippen LogP contribution in [-0.4, -0.2) is 28.8 Å². The first-order valence-corrected chi connectivity index (χ1v) is 9.98. The van der Waals surface area contributed by atoms with Crippen molar-refractivity contribution in [2.45, 2.75) is 18.7 Å². The van der Waals surface area contributed by atoms with Crippen molar-refractivity contribution in [2.24, 2.45) is 5.92 Å². The SMILES string of the molecule is COC(=O)C(Cc1ccc(C(F)(F)P(=O)(O)O)cc1)C(=O)OCc1ccccc1. The van der Waals surface area contributed by atoms with Gasteiger partial charge in [0.1, 0.15) is 6.61 Å². The zero-order chi connectivity index (χ0) is 21.7. The fraction of sp³-hybridized carbons (Fsp3) is 0.263. The summed E-state index contributed by atoms with van der Waals surface area (Å²) in [5.74, 6) is -3.02. The molecule has 1 atom stereocenters. The molecule has 0 aliphatic carbocycles. The lowest BCUT2D eigenvalue weighted by atomic mass is 9.98. The summed E-state index contributed by atoms with van der Waals surface area (Å²) >= 11 is 0. The van der Waals surface area contributed by atoms with Crippen LogP contribution in [-0.2, 0) is 42.3 Å². The number of rotatable bonds is 8. The first-order valence-electron chi connectivity index (χ1n) is 8.37. The molecule has 0 aliphatic heterocycles. The maximum atomic E-state index is 13.7. The number of esters is 2. The number of carbonyl (C=O) groups excluding carboxylic acids is 2. The first-order chi connectivity index (χ1) is 13.6. The van der Waals surface area contributed by atoms with Crippen LogP contribution in [0.15, 0.2) is 54.6 Å². The minimum atomic E-state index is -5.69. The van der Waals surface area contributed by atoms with Crippen molar-refractivity contribution in [3.05, 3.63) is 71.3 Å². The van der Waals surface area contributed by atoms with E-state index in [1.165, 1.54) is 0 Å². The fourth-order valence-corrected chi connectivity index (χ4v) is 2.97. The van der Waals surface area contributed by atoms with Crippen LogP contribution in [0.25, 0.3) is 0 Å². The largest absolute Gasteiger partial charge is 0.468 e. The molecule has 0 bridgehead atoms. The van der Waals surface area contributed by atoms with E-state index in [4.69, 9.17) is 14.5 Å². The van der Waals surface area contributed by atoms with Gasteiger partial charge in [0.2, 0.25) is 0 Å². The predicted octanol–water partition coefficient (Wildman–Crippen LogP) is 2.99. The smallest absolute Gasteiger partial charge is 0.399 e. The number of hydrogen-bond donors (Lipinski definition) is 2. The van der Waals surface area contributed by atoms with Crippen molar-refractivity contribution < 1.29 is 42.2 Å². The number of methoxy groups -OCH3 is 1. The van der Waals surface area contributed by atoms with Crippen molar-refractivity contribution in [3.8, 4) is 0 Å². The third-order valence-corrected chi connectivity index (χ3v) is 5.09. The van der Waals surface area contributed by atoms with Gasteiger partial charge in [0.25, 0.3) is 0 Å². The van der Waals surface area contributed by atoms with Crippen LogP contribution >= 0.6 is 7.60 Å². The third kappa shape index (κ3) is 5.69. The highest BCUT2D eigenvalue weighted by Crippen LogP contribution is 2.59. The van der Waals surface area contributed by atoms with Crippen molar-refractivity contribution in [1.29, 1.82) is 0 Å². The van der Waals surface area contributed by atoms with Crippen molar-refractivity contribution in [3.63, 3.8) is 0 Å². The van der Waals surface area contributed by atoms with Gasteiger partial charge in [-0.1, -0.05) is 54.6 Å². The number of halogens is 2. The Morgan fingerprint density at radius 2 is 1.59 bits per heavy atom. The quantitative estimate of drug-likeness (QED) is 0.378. The Morgan fingerprint density at radius 3 is 2.10 bits per heavy atom. The molecule has 0 saturated heterocycles. The molecule has 0 heterocycles. The molecule has 0 saturated carbocycles. The molecular weight excluding hydrogens is 409 g/mol. The van der Waals surface area contributed by atoms with E-state index < -0.39 is 36.7 Å². The molecule has 1 unspecified atom stereocenters. The molecule has 0 spiro atoms. The average molecular weight is 428 g/mol. The first kappa shape index (κ1) is 22.7. The van der Waals surface area contributed by atoms with Crippen LogP contribution in [0.3, 0.4) is 0 Å². The topological polar surface area (TPSA) is 110 Å². The number of benzene rings is 2. The molecule has 0 fully saturated rings. The summed E-state index contributed by atoms with van der Waals surface area (Å²) in [6, 6.07) is 12.8. The van der Waals surface area contributed by atoms with Crippen LogP contribution < -0.4 is 0 Å². The molecule has 29 heavy (non-hydrogen) atoms. The van der Waals surface area contributed by atoms with Crippen LogP contribution in [0, 0.1) is 5.92 Å². The van der Waals surface area contributed by atoms with Crippen LogP contribution in [0.5, 0.6) is 0 Å². The summed E-state index contributed by atoms with van der Waals surface area (Å²) in [5, 5.41) is 0. The summed E-state index contributed by atoms with van der Waals surface area (Å²) in [5.41, 5.74) is -4.20. The van der Waals surface area contributed by atoms with Gasteiger partial charge in [-0.15, -0.1) is 0 Å². The second-order valence-corrected chi connectivity index (χ2v) is 7.81. The zero-order valence-electron chi connectivity index (χ0n) is 15.3. The second kappa shape index (κ2) is 9.26. The molecule has 7 nitrogen and oxygen atoms in total. The molecule has 2 rings (SSSR count). The van der Waals surface area contributed by atoms with Crippen LogP contribution in [0.2, 0.25) is 0 Å². The van der Waals surface area contributed by atoms with E-state index in [1.54, 1.807) is 30.3 Å². The molecule has 0 radical (unpaired) electrons. The maximum Gasteiger partial charge on any atom is 0.399 e. The molecule has 0 aliphatic rings. The van der Waals surface area contributed by atoms with E-state index in [1.807, 2.05) is 0 Å². The molecule has 0 amide bonds. The van der Waals surface area contributed by atoms with E-state index in [9.17, 15) is 22.9 Å². The van der Waals surface area contributed by atoms with Gasteiger partial charge in [0.15, 0.2) is 5.92 Å². The van der Waals surface area contributed by atoms with Crippen molar-refractivity contribution in [2.75, 3.05) is 7.11 Å². The van der Waals surface area contributed by atoms with Gasteiger partial charge in [0.05, 0.1) is 7.11 Å². The predicted molar refractivity (Wildman–Crippen MR) is 97.8 cm³/mol. The molecule has 10 heteroatoms. The van der Waals surface area contributed by atoms with Gasteiger partial charge in [-0.25, -0.2) is 0 Å². The third-order valence-electron chi connectivity index (χ3n) is 4.10. The Labute approximate surface area is 165 Å². The minimum absolute atomic E-state index is 0.0549. The number of alkyl halides is 2. The average Bonchev–Trinajstić information content (AvgIpc) is 2.70. The summed E-state index contributed by atoms with van der Waals surface area (Å²) in [6.45, 7) is -0.0549. The highest BCUT2D eigenvalue weighted by molar-refractivity contribution is 7.52. The Morgan fingerprint density at radius 1 is 1.00 bits per heavy atom. The summed E-state index contributed by atoms with van der Waals surface area (Å²) in [6.07, 6.45) is -0.192. The Hall–Kier alpha value is -2.61. The Bertz CT molecular complexity index is 895. The molecule has 2 aromatic carbocycles. The van der Waals surface area contributed by atoms with E-state index in [0.29, 0.717) is 11.1 Å². The van der Waals surface area contributed by atoms with Gasteiger partial charge in [-0.05, 0) is 17.5 Å². The van der Waals surface area contributed by atoms with Gasteiger partial charge in [0, 0.05) is 5.56 Å². The molecule has 0 aromatic heterocycles. The van der Waals surface area contributed by atoms with E-state index in [0.717, 1.165) is 31.4 Å². The molecule has 156 valence electrons. The lowest BCUT2D eigenvalue weighted by Crippen LogP contribution is -2.29. The molecule has 2 N–H and O–H groups in total. The standard InChI is InChI=1S/C19H19F2O7P/c1-27-17(22)16(18(23)28-12-14-5-3-2-4-6-14)11-13-7-9-15(10-8-13)19(20,21)29(24,25)26/h2-10,16H,11-12H2,1H3,(H2,24,25,26). The lowest BCUT2D eigenvalue weighted by Gasteiger charge is -2.18. The highest BCUT2D eigenvalue weighted by atomic mass is 31.2. The van der Waals surface area contributed by atoms with E-state index in [2.05, 4.69) is 4.74 Å². The maximum absolute atomic E-state index is 13.7. The zero-order valence-corrected chi connectivity index (χ0v) is 16.2. The van der Waals surface area contributed by atoms with Crippen LogP contribution in [0.1, 0.15) is 16.7 Å². The van der Waals surface area contributed by atoms with Gasteiger partial charge in [-0.2, -0.15) is 8.78 Å². The van der Waals surface area contributed by atoms with Crippen LogP contribution in [0.4, 0.5) is 8.78 Å². The normalized spacial score (nSPS) is 12.9. The summed E-state index contributed by atoms with van der Waals surface area (Å²) < 4.78 is 48.1.